The monoisotopic (exact) mass is 1030 g/mol. The summed E-state index contributed by atoms with van der Waals surface area (Å²) in [4.78, 5) is 106. The van der Waals surface area contributed by atoms with Crippen LogP contribution in [0.5, 0.6) is 0 Å². The number of carbonyl (C=O) groups is 7. The summed E-state index contributed by atoms with van der Waals surface area (Å²) in [6.45, 7) is 23.1. The Morgan fingerprint density at radius 2 is 1.23 bits per heavy atom. The maximum Gasteiger partial charge on any atom is 0.248 e. The standard InChI is InChI=1S/C56H82N8O10/c1-16-56(11,12)64-29-39(38-24-20-21-25-40(38)64)47(66)45-55(73)63(14)42(28-34(8)30-65)50(68)57-36(10)49(67)61-46(48(74-15)37-22-18-17-19-23-37)53(71)58-43(33(6)7)54(72)62(13)41(27-32(4)5)51(69)59-44(52(70)60-45)35(9)26-31(2)3/h16-26,29,32-36,41-48,65-66H,1,27-28,30H2,2-15H3,(H,57,68)(H,58,71)(H,59,69)(H,60,70)(H,61,67)/t34-,35-,36+,41+,42+,43+,44?,45+,46+,47+,48-/m1/s1. The number of rotatable bonds is 15. The average Bonchev–Trinajstić information content (AvgIpc) is 3.76. The minimum atomic E-state index is -1.81. The van der Waals surface area contributed by atoms with Gasteiger partial charge in [0.15, 0.2) is 0 Å². The van der Waals surface area contributed by atoms with Crippen LogP contribution >= 0.6 is 0 Å². The number of aliphatic hydroxyl groups excluding tert-OH is 2. The fraction of sp³-hybridized carbons (Fsp3) is 0.554. The largest absolute Gasteiger partial charge is 0.396 e. The van der Waals surface area contributed by atoms with Crippen LogP contribution in [0.1, 0.15) is 112 Å². The Hall–Kier alpha value is -6.37. The number of likely N-dealkylation sites (N-methyl/N-ethyl adjacent to an activating group) is 2. The predicted molar refractivity (Wildman–Crippen MR) is 285 cm³/mol. The zero-order valence-electron chi connectivity index (χ0n) is 45.8. The van der Waals surface area contributed by atoms with E-state index in [1.807, 2.05) is 58.2 Å². The van der Waals surface area contributed by atoms with Crippen LogP contribution < -0.4 is 26.6 Å². The Balaban J connectivity index is 2.02. The highest BCUT2D eigenvalue weighted by molar-refractivity contribution is 5.99. The Kier molecular flexibility index (Phi) is 21.3. The average molecular weight is 1030 g/mol. The minimum absolute atomic E-state index is 0.126. The van der Waals surface area contributed by atoms with Crippen LogP contribution in [0.3, 0.4) is 0 Å². The summed E-state index contributed by atoms with van der Waals surface area (Å²) < 4.78 is 7.76. The molecule has 1 unspecified atom stereocenters. The molecule has 1 aliphatic heterocycles. The summed E-state index contributed by atoms with van der Waals surface area (Å²) in [5.74, 6) is -7.52. The number of methoxy groups -OCH3 is 1. The molecular formula is C56H82N8O10. The topological polar surface area (TPSA) is 241 Å². The van der Waals surface area contributed by atoms with Gasteiger partial charge in [0.2, 0.25) is 41.4 Å². The second-order valence-corrected chi connectivity index (χ2v) is 21.4. The second-order valence-electron chi connectivity index (χ2n) is 21.4. The normalized spacial score (nSPS) is 24.2. The fourth-order valence-electron chi connectivity index (χ4n) is 9.35. The first-order valence-corrected chi connectivity index (χ1v) is 25.5. The smallest absolute Gasteiger partial charge is 0.248 e. The molecule has 0 aliphatic carbocycles. The number of hydrogen-bond acceptors (Lipinski definition) is 10. The lowest BCUT2D eigenvalue weighted by atomic mass is 9.94. The number of amides is 7. The number of aromatic nitrogens is 1. The van der Waals surface area contributed by atoms with Crippen LogP contribution in [0, 0.1) is 23.7 Å². The molecule has 18 heteroatoms. The van der Waals surface area contributed by atoms with Gasteiger partial charge in [-0.05, 0) is 76.8 Å². The Labute approximate surface area is 437 Å². The molecule has 0 spiro atoms. The van der Waals surface area contributed by atoms with E-state index in [1.165, 1.54) is 33.0 Å². The number of nitrogens with one attached hydrogen (secondary N) is 5. The first-order chi connectivity index (χ1) is 34.7. The van der Waals surface area contributed by atoms with E-state index < -0.39 is 119 Å². The van der Waals surface area contributed by atoms with Crippen molar-refractivity contribution in [3.05, 3.63) is 96.2 Å². The molecule has 7 N–H and O–H groups in total. The summed E-state index contributed by atoms with van der Waals surface area (Å²) in [5, 5.41) is 37.5. The van der Waals surface area contributed by atoms with Crippen molar-refractivity contribution in [3.8, 4) is 0 Å². The van der Waals surface area contributed by atoms with E-state index in [0.29, 0.717) is 16.5 Å². The van der Waals surface area contributed by atoms with Crippen molar-refractivity contribution in [2.45, 2.75) is 149 Å². The molecule has 1 saturated heterocycles. The van der Waals surface area contributed by atoms with Crippen molar-refractivity contribution in [3.63, 3.8) is 0 Å². The van der Waals surface area contributed by atoms with Crippen molar-refractivity contribution < 1.29 is 48.5 Å². The maximum absolute atomic E-state index is 15.4. The highest BCUT2D eigenvalue weighted by atomic mass is 16.5. The van der Waals surface area contributed by atoms with E-state index in [1.54, 1.807) is 88.5 Å². The van der Waals surface area contributed by atoms with E-state index >= 15 is 9.59 Å². The van der Waals surface area contributed by atoms with E-state index in [2.05, 4.69) is 33.2 Å². The minimum Gasteiger partial charge on any atom is -0.396 e. The van der Waals surface area contributed by atoms with Crippen molar-refractivity contribution in [2.24, 2.45) is 23.7 Å². The number of fused-ring (bicyclic) bond motifs is 1. The van der Waals surface area contributed by atoms with Crippen molar-refractivity contribution in [2.75, 3.05) is 27.8 Å². The SMILES string of the molecule is C=CC(C)(C)n1cc([C@H](O)[C@@H]2NC(=O)C([C@H](C)C=C(C)C)NC(=O)[C@H](CC(C)C)N(C)C(=O)[C@H](C(C)C)NC(=O)[C@H]([C@H](OC)c3ccccc3)NC(=O)[C@H](C)NC(=O)[C@H](C[C@@H](C)CO)N(C)C2=O)c2ccccc21. The third-order valence-corrected chi connectivity index (χ3v) is 13.9. The molecule has 2 aromatic carbocycles. The number of carbonyl (C=O) groups excluding carboxylic acids is 7. The number of hydrogen-bond donors (Lipinski definition) is 7. The van der Waals surface area contributed by atoms with Crippen LogP contribution in [0.2, 0.25) is 0 Å². The number of aliphatic hydroxyl groups is 2. The second kappa shape index (κ2) is 26.2. The van der Waals surface area contributed by atoms with Crippen LogP contribution in [0.15, 0.2) is 85.1 Å². The molecule has 74 heavy (non-hydrogen) atoms. The van der Waals surface area contributed by atoms with Gasteiger partial charge >= 0.3 is 0 Å². The van der Waals surface area contributed by atoms with E-state index in [4.69, 9.17) is 4.74 Å². The molecule has 11 atom stereocenters. The Morgan fingerprint density at radius 1 is 0.716 bits per heavy atom. The third-order valence-electron chi connectivity index (χ3n) is 13.9. The summed E-state index contributed by atoms with van der Waals surface area (Å²) in [6.07, 6.45) is 2.34. The van der Waals surface area contributed by atoms with Gasteiger partial charge in [0, 0.05) is 56.4 Å². The van der Waals surface area contributed by atoms with Crippen molar-refractivity contribution in [1.82, 2.24) is 41.0 Å². The van der Waals surface area contributed by atoms with Crippen LogP contribution in [0.25, 0.3) is 10.9 Å². The number of nitrogens with zero attached hydrogens (tertiary/aromatic N) is 3. The molecule has 18 nitrogen and oxygen atoms in total. The van der Waals surface area contributed by atoms with E-state index in [0.717, 1.165) is 10.5 Å². The quantitative estimate of drug-likeness (QED) is 0.106. The van der Waals surface area contributed by atoms with Crippen LogP contribution in [-0.4, -0.2) is 136 Å². The molecule has 406 valence electrons. The first-order valence-electron chi connectivity index (χ1n) is 25.5. The van der Waals surface area contributed by atoms with Crippen molar-refractivity contribution in [1.29, 1.82) is 0 Å². The van der Waals surface area contributed by atoms with Gasteiger partial charge < -0.3 is 55.9 Å². The van der Waals surface area contributed by atoms with Gasteiger partial charge in [0.1, 0.15) is 54.5 Å². The van der Waals surface area contributed by atoms with Crippen LogP contribution in [0.4, 0.5) is 0 Å². The lowest BCUT2D eigenvalue weighted by molar-refractivity contribution is -0.146. The van der Waals surface area contributed by atoms with E-state index in [9.17, 15) is 34.2 Å². The third kappa shape index (κ3) is 14.5. The maximum atomic E-state index is 15.4. The summed E-state index contributed by atoms with van der Waals surface area (Å²) in [7, 11) is 4.15. The summed E-state index contributed by atoms with van der Waals surface area (Å²) in [5.41, 5.74) is 1.59. The van der Waals surface area contributed by atoms with Crippen LogP contribution in [-0.2, 0) is 43.8 Å². The molecule has 1 fully saturated rings. The number of para-hydroxylation sites is 1. The van der Waals surface area contributed by atoms with Gasteiger partial charge in [-0.1, -0.05) is 108 Å². The van der Waals surface area contributed by atoms with Gasteiger partial charge in [-0.2, -0.15) is 0 Å². The highest BCUT2D eigenvalue weighted by Gasteiger charge is 2.43. The summed E-state index contributed by atoms with van der Waals surface area (Å²) in [6, 6.07) is 6.04. The fourth-order valence-corrected chi connectivity index (χ4v) is 9.35. The number of benzene rings is 2. The predicted octanol–water partition coefficient (Wildman–Crippen LogP) is 4.42. The molecule has 7 amide bonds. The Morgan fingerprint density at radius 3 is 1.78 bits per heavy atom. The molecule has 0 saturated carbocycles. The zero-order chi connectivity index (χ0) is 55.5. The molecule has 2 heterocycles. The summed E-state index contributed by atoms with van der Waals surface area (Å²) >= 11 is 0. The molecule has 0 radical (unpaired) electrons. The molecule has 3 aromatic rings. The van der Waals surface area contributed by atoms with Gasteiger partial charge in [0.25, 0.3) is 0 Å². The number of ether oxygens (including phenoxy) is 1. The Bertz CT molecular complexity index is 2500. The first kappa shape index (κ1) is 60.2. The molecule has 0 bridgehead atoms. The van der Waals surface area contributed by atoms with Gasteiger partial charge in [-0.25, -0.2) is 0 Å². The molecular weight excluding hydrogens is 945 g/mol. The van der Waals surface area contributed by atoms with Gasteiger partial charge in [-0.3, -0.25) is 33.6 Å². The van der Waals surface area contributed by atoms with E-state index in [-0.39, 0.29) is 30.9 Å². The highest BCUT2D eigenvalue weighted by Crippen LogP contribution is 2.34. The number of allylic oxidation sites excluding steroid dienone is 2. The lowest BCUT2D eigenvalue weighted by Gasteiger charge is -2.36. The van der Waals surface area contributed by atoms with Gasteiger partial charge in [0.05, 0.1) is 5.54 Å². The molecule has 4 rings (SSSR count). The zero-order valence-corrected chi connectivity index (χ0v) is 45.8. The van der Waals surface area contributed by atoms with Gasteiger partial charge in [-0.15, -0.1) is 6.58 Å². The molecule has 1 aliphatic rings. The van der Waals surface area contributed by atoms with Crippen molar-refractivity contribution >= 4 is 52.3 Å². The molecule has 1 aromatic heterocycles. The lowest BCUT2D eigenvalue weighted by Crippen LogP contribution is -2.62.